The van der Waals surface area contributed by atoms with Crippen LogP contribution in [0.1, 0.15) is 70.4 Å². The molecule has 0 spiro atoms. The van der Waals surface area contributed by atoms with Gasteiger partial charge in [-0.25, -0.2) is 0 Å². The second-order valence-electron chi connectivity index (χ2n) is 9.08. The van der Waals surface area contributed by atoms with Crippen molar-refractivity contribution in [2.75, 3.05) is 13.1 Å². The van der Waals surface area contributed by atoms with Crippen LogP contribution in [0.15, 0.2) is 24.3 Å². The molecule has 0 unspecified atom stereocenters. The molecule has 3 nitrogen and oxygen atoms in total. The molecule has 3 heteroatoms. The summed E-state index contributed by atoms with van der Waals surface area (Å²) in [5.74, 6) is 0.852. The fraction of sp³-hybridized carbons (Fsp3) is 0.667. The lowest BCUT2D eigenvalue weighted by Gasteiger charge is -2.43. The third-order valence-electron chi connectivity index (χ3n) is 5.75. The number of amides is 1. The Morgan fingerprint density at radius 1 is 1.21 bits per heavy atom. The van der Waals surface area contributed by atoms with Gasteiger partial charge in [-0.15, -0.1) is 0 Å². The van der Waals surface area contributed by atoms with Crippen LogP contribution in [-0.4, -0.2) is 34.6 Å². The highest BCUT2D eigenvalue weighted by atomic mass is 16.3. The summed E-state index contributed by atoms with van der Waals surface area (Å²) in [7, 11) is 0. The Morgan fingerprint density at radius 3 is 2.38 bits per heavy atom. The molecule has 0 radical (unpaired) electrons. The molecule has 1 heterocycles. The molecule has 1 aliphatic carbocycles. The van der Waals surface area contributed by atoms with Crippen LogP contribution in [0.2, 0.25) is 0 Å². The molecule has 1 aliphatic heterocycles. The van der Waals surface area contributed by atoms with Gasteiger partial charge in [0.25, 0.3) is 0 Å². The van der Waals surface area contributed by atoms with E-state index in [4.69, 9.17) is 0 Å². The van der Waals surface area contributed by atoms with E-state index >= 15 is 0 Å². The van der Waals surface area contributed by atoms with Gasteiger partial charge in [0, 0.05) is 19.0 Å². The highest BCUT2D eigenvalue weighted by Crippen LogP contribution is 2.39. The number of carbonyl (C=O) groups excluding carboxylic acids is 1. The number of benzene rings is 1. The first-order valence-electron chi connectivity index (χ1n) is 9.27. The average molecular weight is 329 g/mol. The summed E-state index contributed by atoms with van der Waals surface area (Å²) < 4.78 is 0. The average Bonchev–Trinajstić information content (AvgIpc) is 2.51. The lowest BCUT2D eigenvalue weighted by atomic mass is 9.71. The van der Waals surface area contributed by atoms with E-state index in [9.17, 15) is 9.90 Å². The Morgan fingerprint density at radius 2 is 1.83 bits per heavy atom. The minimum atomic E-state index is -0.619. The number of piperidine rings is 1. The number of rotatable bonds is 2. The van der Waals surface area contributed by atoms with Crippen molar-refractivity contribution in [3.05, 3.63) is 35.4 Å². The number of carbonyl (C=O) groups is 1. The van der Waals surface area contributed by atoms with Crippen molar-refractivity contribution in [3.8, 4) is 0 Å². The molecule has 2 fully saturated rings. The van der Waals surface area contributed by atoms with Gasteiger partial charge in [-0.2, -0.15) is 0 Å². The van der Waals surface area contributed by atoms with Gasteiger partial charge in [-0.05, 0) is 55.1 Å². The number of nitrogens with zero attached hydrogens (tertiary/aromatic N) is 1. The first-order valence-corrected chi connectivity index (χ1v) is 9.27. The van der Waals surface area contributed by atoms with Crippen LogP contribution in [0, 0.1) is 5.92 Å². The first-order chi connectivity index (χ1) is 11.2. The van der Waals surface area contributed by atoms with E-state index in [1.54, 1.807) is 0 Å². The van der Waals surface area contributed by atoms with E-state index in [0.717, 1.165) is 25.9 Å². The molecule has 1 saturated carbocycles. The van der Waals surface area contributed by atoms with Gasteiger partial charge in [0.15, 0.2) is 0 Å². The zero-order valence-electron chi connectivity index (χ0n) is 15.5. The number of hydrogen-bond donors (Lipinski definition) is 1. The zero-order valence-corrected chi connectivity index (χ0v) is 15.5. The topological polar surface area (TPSA) is 40.5 Å². The van der Waals surface area contributed by atoms with E-state index in [0.29, 0.717) is 18.8 Å². The molecule has 0 aromatic heterocycles. The summed E-state index contributed by atoms with van der Waals surface area (Å²) in [6.07, 6.45) is 3.34. The van der Waals surface area contributed by atoms with Crippen molar-refractivity contribution in [3.63, 3.8) is 0 Å². The van der Waals surface area contributed by atoms with Crippen LogP contribution in [0.4, 0.5) is 0 Å². The van der Waals surface area contributed by atoms with Crippen LogP contribution < -0.4 is 0 Å². The molecule has 0 bridgehead atoms. The van der Waals surface area contributed by atoms with Crippen molar-refractivity contribution in [2.45, 2.75) is 70.3 Å². The van der Waals surface area contributed by atoms with E-state index < -0.39 is 5.60 Å². The minimum Gasteiger partial charge on any atom is -0.390 e. The molecule has 3 rings (SSSR count). The molecule has 132 valence electrons. The number of aliphatic hydroxyl groups is 1. The summed E-state index contributed by atoms with van der Waals surface area (Å²) in [5, 5.41) is 9.84. The Hall–Kier alpha value is -1.35. The molecule has 1 saturated heterocycles. The Labute approximate surface area is 146 Å². The Kier molecular flexibility index (Phi) is 4.50. The molecule has 1 aromatic rings. The largest absolute Gasteiger partial charge is 0.390 e. The third kappa shape index (κ3) is 3.66. The molecular weight excluding hydrogens is 298 g/mol. The van der Waals surface area contributed by atoms with E-state index in [1.165, 1.54) is 11.1 Å². The summed E-state index contributed by atoms with van der Waals surface area (Å²) in [5.41, 5.74) is 2.36. The number of hydrogen-bond acceptors (Lipinski definition) is 2. The van der Waals surface area contributed by atoms with Crippen molar-refractivity contribution in [2.24, 2.45) is 5.92 Å². The fourth-order valence-corrected chi connectivity index (χ4v) is 4.13. The first kappa shape index (κ1) is 17.5. The van der Waals surface area contributed by atoms with Gasteiger partial charge in [0.05, 0.1) is 5.60 Å². The lowest BCUT2D eigenvalue weighted by Crippen LogP contribution is -2.51. The molecule has 24 heavy (non-hydrogen) atoms. The minimum absolute atomic E-state index is 0.0424. The van der Waals surface area contributed by atoms with Crippen LogP contribution in [0.25, 0.3) is 0 Å². The fourth-order valence-electron chi connectivity index (χ4n) is 4.13. The van der Waals surface area contributed by atoms with Crippen LogP contribution in [-0.2, 0) is 10.2 Å². The van der Waals surface area contributed by atoms with Gasteiger partial charge in [-0.1, -0.05) is 45.0 Å². The predicted molar refractivity (Wildman–Crippen MR) is 97.0 cm³/mol. The smallest absolute Gasteiger partial charge is 0.225 e. The zero-order chi connectivity index (χ0) is 17.5. The summed E-state index contributed by atoms with van der Waals surface area (Å²) >= 11 is 0. The molecule has 1 N–H and O–H groups in total. The van der Waals surface area contributed by atoms with Gasteiger partial charge in [0.2, 0.25) is 5.91 Å². The maximum Gasteiger partial charge on any atom is 0.225 e. The number of likely N-dealkylation sites (tertiary alicyclic amines) is 1. The van der Waals surface area contributed by atoms with E-state index in [2.05, 4.69) is 45.0 Å². The molecule has 0 atom stereocenters. The van der Waals surface area contributed by atoms with Crippen molar-refractivity contribution >= 4 is 5.91 Å². The third-order valence-corrected chi connectivity index (χ3v) is 5.75. The highest BCUT2D eigenvalue weighted by molar-refractivity contribution is 5.80. The van der Waals surface area contributed by atoms with Crippen molar-refractivity contribution in [1.82, 2.24) is 4.90 Å². The van der Waals surface area contributed by atoms with Gasteiger partial charge in [-0.3, -0.25) is 4.79 Å². The van der Waals surface area contributed by atoms with E-state index in [-0.39, 0.29) is 17.2 Å². The second-order valence-corrected chi connectivity index (χ2v) is 9.08. The summed E-state index contributed by atoms with van der Waals surface area (Å²) in [6, 6.07) is 8.97. The predicted octanol–water partition coefficient (Wildman–Crippen LogP) is 3.85. The molecule has 2 aliphatic rings. The van der Waals surface area contributed by atoms with Gasteiger partial charge in [0.1, 0.15) is 0 Å². The normalized spacial score (nSPS) is 28.5. The van der Waals surface area contributed by atoms with E-state index in [1.807, 2.05) is 11.8 Å². The maximum atomic E-state index is 12.5. The highest BCUT2D eigenvalue weighted by Gasteiger charge is 2.44. The monoisotopic (exact) mass is 329 g/mol. The molecular formula is C21H31NO2. The summed E-state index contributed by atoms with van der Waals surface area (Å²) in [4.78, 5) is 14.5. The van der Waals surface area contributed by atoms with Crippen molar-refractivity contribution < 1.29 is 9.90 Å². The lowest BCUT2D eigenvalue weighted by molar-refractivity contribution is -0.150. The maximum absolute atomic E-state index is 12.5. The van der Waals surface area contributed by atoms with Crippen LogP contribution >= 0.6 is 0 Å². The van der Waals surface area contributed by atoms with Crippen molar-refractivity contribution in [1.29, 1.82) is 0 Å². The molecule has 1 amide bonds. The quantitative estimate of drug-likeness (QED) is 0.895. The SMILES string of the molecule is CC1(O)CC(C(=O)N2CCC(c3cccc(C(C)(C)C)c3)CC2)C1. The standard InChI is InChI=1S/C21H31NO2/c1-20(2,3)18-7-5-6-16(12-18)15-8-10-22(11-9-15)19(23)17-13-21(4,24)14-17/h5-7,12,15,17,24H,8-11,13-14H2,1-4H3. The Bertz CT molecular complexity index is 599. The summed E-state index contributed by atoms with van der Waals surface area (Å²) in [6.45, 7) is 10.3. The Balaban J connectivity index is 1.58. The second kappa shape index (κ2) is 6.18. The van der Waals surface area contributed by atoms with Crippen LogP contribution in [0.3, 0.4) is 0 Å². The van der Waals surface area contributed by atoms with Gasteiger partial charge >= 0.3 is 0 Å². The molecule has 1 aromatic carbocycles. The van der Waals surface area contributed by atoms with Gasteiger partial charge < -0.3 is 10.0 Å². The van der Waals surface area contributed by atoms with Crippen LogP contribution in [0.5, 0.6) is 0 Å².